The summed E-state index contributed by atoms with van der Waals surface area (Å²) in [6, 6.07) is 2.08. The molecular formula is C17H21N3O3S. The first-order valence-electron chi connectivity index (χ1n) is 8.56. The Kier molecular flexibility index (Phi) is 4.37. The first kappa shape index (κ1) is 15.8. The second-order valence-electron chi connectivity index (χ2n) is 6.27. The molecule has 4 heterocycles. The van der Waals surface area contributed by atoms with E-state index < -0.39 is 0 Å². The zero-order valence-corrected chi connectivity index (χ0v) is 14.6. The molecule has 0 aliphatic carbocycles. The smallest absolute Gasteiger partial charge is 0.226 e. The Morgan fingerprint density at radius 1 is 1.50 bits per heavy atom. The minimum atomic E-state index is -0.112. The minimum Gasteiger partial charge on any atom is -0.372 e. The summed E-state index contributed by atoms with van der Waals surface area (Å²) in [4.78, 5) is 20.4. The van der Waals surface area contributed by atoms with E-state index in [0.29, 0.717) is 31.2 Å². The lowest BCUT2D eigenvalue weighted by Gasteiger charge is -2.27. The van der Waals surface area contributed by atoms with E-state index in [1.54, 1.807) is 11.3 Å². The van der Waals surface area contributed by atoms with Gasteiger partial charge in [-0.05, 0) is 36.3 Å². The molecular weight excluding hydrogens is 326 g/mol. The van der Waals surface area contributed by atoms with Gasteiger partial charge in [0, 0.05) is 17.8 Å². The summed E-state index contributed by atoms with van der Waals surface area (Å²) < 4.78 is 11.1. The fourth-order valence-electron chi connectivity index (χ4n) is 3.53. The molecule has 2 aliphatic heterocycles. The number of aryl methyl sites for hydroxylation is 1. The van der Waals surface area contributed by atoms with Crippen LogP contribution < -0.4 is 0 Å². The molecule has 0 N–H and O–H groups in total. The number of carbonyl (C=O) groups is 1. The zero-order chi connectivity index (χ0) is 16.5. The average Bonchev–Trinajstić information content (AvgIpc) is 3.33. The van der Waals surface area contributed by atoms with E-state index in [4.69, 9.17) is 9.26 Å². The molecule has 0 spiro atoms. The number of hydrogen-bond donors (Lipinski definition) is 0. The fraction of sp³-hybridized carbons (Fsp3) is 0.588. The topological polar surface area (TPSA) is 68.5 Å². The van der Waals surface area contributed by atoms with Gasteiger partial charge in [-0.1, -0.05) is 12.1 Å². The van der Waals surface area contributed by atoms with Crippen LogP contribution in [0.15, 0.2) is 16.0 Å². The Balaban J connectivity index is 1.48. The zero-order valence-electron chi connectivity index (χ0n) is 13.7. The van der Waals surface area contributed by atoms with Crippen molar-refractivity contribution in [1.82, 2.24) is 15.0 Å². The molecule has 0 radical (unpaired) electrons. The van der Waals surface area contributed by atoms with Gasteiger partial charge in [0.2, 0.25) is 11.8 Å². The van der Waals surface area contributed by atoms with Crippen molar-refractivity contribution in [2.45, 2.75) is 51.2 Å². The Labute approximate surface area is 144 Å². The van der Waals surface area contributed by atoms with E-state index >= 15 is 0 Å². The first-order valence-corrected chi connectivity index (χ1v) is 9.44. The quantitative estimate of drug-likeness (QED) is 0.850. The Morgan fingerprint density at radius 3 is 3.25 bits per heavy atom. The van der Waals surface area contributed by atoms with Gasteiger partial charge in [0.25, 0.3) is 0 Å². The highest BCUT2D eigenvalue weighted by Gasteiger charge is 2.35. The summed E-state index contributed by atoms with van der Waals surface area (Å²) in [6.45, 7) is 3.42. The Morgan fingerprint density at radius 2 is 2.42 bits per heavy atom. The van der Waals surface area contributed by atoms with Gasteiger partial charge in [-0.15, -0.1) is 11.3 Å². The lowest BCUT2D eigenvalue weighted by molar-refractivity contribution is -0.135. The van der Waals surface area contributed by atoms with E-state index in [1.165, 1.54) is 10.4 Å². The molecule has 4 rings (SSSR count). The molecule has 1 saturated heterocycles. The number of amides is 1. The number of rotatable bonds is 4. The number of thiophene rings is 1. The fourth-order valence-corrected chi connectivity index (χ4v) is 4.53. The molecule has 2 aliphatic rings. The van der Waals surface area contributed by atoms with Crippen LogP contribution in [-0.4, -0.2) is 34.1 Å². The summed E-state index contributed by atoms with van der Waals surface area (Å²) in [5, 5.41) is 6.15. The number of ether oxygens (including phenoxy) is 1. The lowest BCUT2D eigenvalue weighted by atomic mass is 10.0. The molecule has 7 heteroatoms. The van der Waals surface area contributed by atoms with Crippen LogP contribution in [0, 0.1) is 0 Å². The van der Waals surface area contributed by atoms with Crippen molar-refractivity contribution in [1.29, 1.82) is 0 Å². The van der Waals surface area contributed by atoms with Crippen LogP contribution in [0.4, 0.5) is 0 Å². The Bertz CT molecular complexity index is 726. The predicted molar refractivity (Wildman–Crippen MR) is 88.7 cm³/mol. The van der Waals surface area contributed by atoms with E-state index in [2.05, 4.69) is 21.6 Å². The molecule has 0 bridgehead atoms. The number of aromatic nitrogens is 2. The van der Waals surface area contributed by atoms with E-state index in [0.717, 1.165) is 25.8 Å². The summed E-state index contributed by atoms with van der Waals surface area (Å²) in [6.07, 6.45) is 3.80. The minimum absolute atomic E-state index is 0.0621. The normalized spacial score (nSPS) is 23.5. The van der Waals surface area contributed by atoms with Crippen molar-refractivity contribution in [3.63, 3.8) is 0 Å². The molecule has 24 heavy (non-hydrogen) atoms. The predicted octanol–water partition coefficient (Wildman–Crippen LogP) is 3.06. The standard InChI is InChI=1S/C17H21N3O3S/c1-2-14-18-17(19-23-14)12-4-3-7-20(12)15(21)10-13-16-11(5-8-22-13)6-9-24-16/h6,9,12-13H,2-5,7-8,10H2,1H3/t12-,13-/m0/s1. The average molecular weight is 347 g/mol. The van der Waals surface area contributed by atoms with Crippen molar-refractivity contribution in [3.8, 4) is 0 Å². The second-order valence-corrected chi connectivity index (χ2v) is 7.22. The molecule has 2 aromatic rings. The molecule has 128 valence electrons. The molecule has 1 fully saturated rings. The van der Waals surface area contributed by atoms with Gasteiger partial charge >= 0.3 is 0 Å². The largest absolute Gasteiger partial charge is 0.372 e. The number of hydrogen-bond acceptors (Lipinski definition) is 6. The van der Waals surface area contributed by atoms with Crippen LogP contribution in [0.1, 0.15) is 60.5 Å². The third-order valence-electron chi connectivity index (χ3n) is 4.78. The highest BCUT2D eigenvalue weighted by atomic mass is 32.1. The van der Waals surface area contributed by atoms with Crippen molar-refractivity contribution in [3.05, 3.63) is 33.6 Å². The van der Waals surface area contributed by atoms with Crippen LogP contribution in [-0.2, 0) is 22.4 Å². The third kappa shape index (κ3) is 2.86. The molecule has 1 amide bonds. The molecule has 0 saturated carbocycles. The maximum Gasteiger partial charge on any atom is 0.226 e. The second kappa shape index (κ2) is 6.64. The first-order chi connectivity index (χ1) is 11.8. The summed E-state index contributed by atoms with van der Waals surface area (Å²) in [5.41, 5.74) is 1.33. The van der Waals surface area contributed by atoms with Crippen molar-refractivity contribution in [2.24, 2.45) is 0 Å². The highest BCUT2D eigenvalue weighted by Crippen LogP contribution is 2.37. The summed E-state index contributed by atoms with van der Waals surface area (Å²) in [7, 11) is 0. The summed E-state index contributed by atoms with van der Waals surface area (Å²) >= 11 is 1.69. The lowest BCUT2D eigenvalue weighted by Crippen LogP contribution is -2.33. The molecule has 0 unspecified atom stereocenters. The van der Waals surface area contributed by atoms with Gasteiger partial charge in [0.1, 0.15) is 6.10 Å². The van der Waals surface area contributed by atoms with Crippen LogP contribution in [0.2, 0.25) is 0 Å². The van der Waals surface area contributed by atoms with Gasteiger partial charge in [-0.2, -0.15) is 4.98 Å². The van der Waals surface area contributed by atoms with Gasteiger partial charge in [-0.25, -0.2) is 0 Å². The van der Waals surface area contributed by atoms with Crippen LogP contribution in [0.25, 0.3) is 0 Å². The van der Waals surface area contributed by atoms with Gasteiger partial charge in [-0.3, -0.25) is 4.79 Å². The molecule has 6 nitrogen and oxygen atoms in total. The monoisotopic (exact) mass is 347 g/mol. The number of nitrogens with zero attached hydrogens (tertiary/aromatic N) is 3. The van der Waals surface area contributed by atoms with E-state index in [-0.39, 0.29) is 18.1 Å². The molecule has 2 atom stereocenters. The van der Waals surface area contributed by atoms with E-state index in [9.17, 15) is 4.79 Å². The number of fused-ring (bicyclic) bond motifs is 1. The number of likely N-dealkylation sites (tertiary alicyclic amines) is 1. The van der Waals surface area contributed by atoms with Gasteiger partial charge in [0.15, 0.2) is 5.82 Å². The highest BCUT2D eigenvalue weighted by molar-refractivity contribution is 7.10. The van der Waals surface area contributed by atoms with Crippen LogP contribution in [0.5, 0.6) is 0 Å². The van der Waals surface area contributed by atoms with Gasteiger partial charge in [0.05, 0.1) is 19.1 Å². The molecule has 2 aromatic heterocycles. The number of carbonyl (C=O) groups excluding carboxylic acids is 1. The van der Waals surface area contributed by atoms with Crippen molar-refractivity contribution in [2.75, 3.05) is 13.2 Å². The van der Waals surface area contributed by atoms with Crippen LogP contribution in [0.3, 0.4) is 0 Å². The Hall–Kier alpha value is -1.73. The maximum atomic E-state index is 12.9. The van der Waals surface area contributed by atoms with Crippen molar-refractivity contribution >= 4 is 17.2 Å². The summed E-state index contributed by atoms with van der Waals surface area (Å²) in [5.74, 6) is 1.38. The van der Waals surface area contributed by atoms with E-state index in [1.807, 2.05) is 11.8 Å². The van der Waals surface area contributed by atoms with Crippen LogP contribution >= 0.6 is 11.3 Å². The maximum absolute atomic E-state index is 12.9. The SMILES string of the molecule is CCc1nc([C@@H]2CCCN2C(=O)C[C@@H]2OCCc3ccsc32)no1. The van der Waals surface area contributed by atoms with Gasteiger partial charge < -0.3 is 14.2 Å². The third-order valence-corrected chi connectivity index (χ3v) is 5.83. The van der Waals surface area contributed by atoms with Crippen molar-refractivity contribution < 1.29 is 14.1 Å². The molecule has 0 aromatic carbocycles.